The molecule has 1 rings (SSSR count). The van der Waals surface area contributed by atoms with Gasteiger partial charge in [-0.15, -0.1) is 0 Å². The van der Waals surface area contributed by atoms with Crippen LogP contribution in [0.25, 0.3) is 0 Å². The number of rotatable bonds is 6. The Labute approximate surface area is 112 Å². The van der Waals surface area contributed by atoms with Gasteiger partial charge in [-0.05, 0) is 17.2 Å². The van der Waals surface area contributed by atoms with E-state index in [0.717, 1.165) is 0 Å². The lowest BCUT2D eigenvalue weighted by atomic mass is 9.96. The molecule has 0 aliphatic heterocycles. The number of Topliss-reactive ketones (excluding diaryl/α,β-unsaturated/α-hetero) is 1. The third-order valence-corrected chi connectivity index (χ3v) is 3.00. The van der Waals surface area contributed by atoms with Crippen molar-refractivity contribution in [3.63, 3.8) is 0 Å². The molecule has 0 amide bonds. The number of aldehydes is 1. The topological polar surface area (TPSA) is 91.7 Å². The van der Waals surface area contributed by atoms with Crippen LogP contribution >= 0.6 is 15.9 Å². The molecule has 2 N–H and O–H groups in total. The molecule has 0 saturated carbocycles. The van der Waals surface area contributed by atoms with Crippen LogP contribution in [0.15, 0.2) is 18.2 Å². The number of ketones is 1. The Hall–Kier alpha value is -1.53. The van der Waals surface area contributed by atoms with Crippen LogP contribution in [0.4, 0.5) is 0 Å². The van der Waals surface area contributed by atoms with Crippen molar-refractivity contribution in [2.75, 3.05) is 5.33 Å². The largest absolute Gasteiger partial charge is 0.479 e. The maximum absolute atomic E-state index is 11.3. The standard InChI is InChI=1S/C12H11BrO5/c13-5-9(15)4-8-2-1-7(6-14)3-10(8)11(16)12(17)18/h1-3,6,11,16H,4-5H2,(H,17,18). The Morgan fingerprint density at radius 2 is 2.06 bits per heavy atom. The number of carbonyl (C=O) groups excluding carboxylic acids is 2. The van der Waals surface area contributed by atoms with Gasteiger partial charge in [-0.25, -0.2) is 4.79 Å². The van der Waals surface area contributed by atoms with Gasteiger partial charge in [0.05, 0.1) is 5.33 Å². The molecular weight excluding hydrogens is 304 g/mol. The van der Waals surface area contributed by atoms with Crippen molar-refractivity contribution in [1.29, 1.82) is 0 Å². The van der Waals surface area contributed by atoms with E-state index in [1.165, 1.54) is 18.2 Å². The molecule has 6 heteroatoms. The Morgan fingerprint density at radius 3 is 2.56 bits per heavy atom. The fourth-order valence-electron chi connectivity index (χ4n) is 1.49. The maximum Gasteiger partial charge on any atom is 0.337 e. The third kappa shape index (κ3) is 3.48. The first-order valence-electron chi connectivity index (χ1n) is 5.06. The van der Waals surface area contributed by atoms with Crippen molar-refractivity contribution in [1.82, 2.24) is 0 Å². The van der Waals surface area contributed by atoms with Gasteiger partial charge in [-0.3, -0.25) is 9.59 Å². The molecule has 0 aromatic heterocycles. The smallest absolute Gasteiger partial charge is 0.337 e. The molecule has 0 heterocycles. The summed E-state index contributed by atoms with van der Waals surface area (Å²) >= 11 is 3.01. The lowest BCUT2D eigenvalue weighted by Crippen LogP contribution is -2.15. The normalized spacial score (nSPS) is 11.9. The Morgan fingerprint density at radius 1 is 1.39 bits per heavy atom. The minimum absolute atomic E-state index is 0.00403. The molecule has 0 fully saturated rings. The summed E-state index contributed by atoms with van der Waals surface area (Å²) in [6, 6.07) is 4.23. The van der Waals surface area contributed by atoms with Crippen LogP contribution in [0.2, 0.25) is 0 Å². The summed E-state index contributed by atoms with van der Waals surface area (Å²) in [5, 5.41) is 18.5. The van der Waals surface area contributed by atoms with E-state index < -0.39 is 12.1 Å². The fraction of sp³-hybridized carbons (Fsp3) is 0.250. The highest BCUT2D eigenvalue weighted by atomic mass is 79.9. The first-order chi connectivity index (χ1) is 8.49. The van der Waals surface area contributed by atoms with Crippen molar-refractivity contribution in [3.05, 3.63) is 34.9 Å². The molecule has 5 nitrogen and oxygen atoms in total. The Balaban J connectivity index is 3.19. The molecule has 0 saturated heterocycles. The number of carboxylic acid groups (broad SMARTS) is 1. The summed E-state index contributed by atoms with van der Waals surface area (Å²) in [7, 11) is 0. The van der Waals surface area contributed by atoms with E-state index >= 15 is 0 Å². The summed E-state index contributed by atoms with van der Waals surface area (Å²) in [5.41, 5.74) is 0.724. The first-order valence-corrected chi connectivity index (χ1v) is 6.18. The van der Waals surface area contributed by atoms with Crippen molar-refractivity contribution >= 4 is 34.0 Å². The molecule has 1 unspecified atom stereocenters. The van der Waals surface area contributed by atoms with E-state index in [-0.39, 0.29) is 28.7 Å². The number of halogens is 1. The van der Waals surface area contributed by atoms with Crippen molar-refractivity contribution in [3.8, 4) is 0 Å². The number of benzene rings is 1. The predicted molar refractivity (Wildman–Crippen MR) is 66.9 cm³/mol. The second-order valence-electron chi connectivity index (χ2n) is 3.67. The van der Waals surface area contributed by atoms with Crippen LogP contribution in [-0.2, 0) is 16.0 Å². The van der Waals surface area contributed by atoms with Gasteiger partial charge < -0.3 is 10.2 Å². The molecule has 0 aliphatic rings. The highest BCUT2D eigenvalue weighted by Crippen LogP contribution is 2.21. The zero-order valence-corrected chi connectivity index (χ0v) is 10.9. The number of aliphatic hydroxyl groups excluding tert-OH is 1. The maximum atomic E-state index is 11.3. The second kappa shape index (κ2) is 6.42. The van der Waals surface area contributed by atoms with Gasteiger partial charge >= 0.3 is 5.97 Å². The first kappa shape index (κ1) is 14.5. The number of carboxylic acids is 1. The number of hydrogen-bond acceptors (Lipinski definition) is 4. The van der Waals surface area contributed by atoms with E-state index in [1.54, 1.807) is 0 Å². The Kier molecular flexibility index (Phi) is 5.18. The van der Waals surface area contributed by atoms with Gasteiger partial charge in [0.15, 0.2) is 6.10 Å². The van der Waals surface area contributed by atoms with Crippen LogP contribution in [-0.4, -0.2) is 33.6 Å². The van der Waals surface area contributed by atoms with E-state index in [4.69, 9.17) is 5.11 Å². The second-order valence-corrected chi connectivity index (χ2v) is 4.23. The van der Waals surface area contributed by atoms with E-state index in [1.807, 2.05) is 0 Å². The molecule has 1 aromatic rings. The summed E-state index contributed by atoms with van der Waals surface area (Å²) < 4.78 is 0. The average molecular weight is 315 g/mol. The van der Waals surface area contributed by atoms with Crippen LogP contribution < -0.4 is 0 Å². The number of aliphatic hydroxyl groups is 1. The number of carbonyl (C=O) groups is 3. The van der Waals surface area contributed by atoms with E-state index in [0.29, 0.717) is 11.8 Å². The molecular formula is C12H11BrO5. The SMILES string of the molecule is O=Cc1ccc(CC(=O)CBr)c(C(O)C(=O)O)c1. The minimum Gasteiger partial charge on any atom is -0.479 e. The summed E-state index contributed by atoms with van der Waals surface area (Å²) in [5.74, 6) is -1.57. The van der Waals surface area contributed by atoms with Gasteiger partial charge in [-0.2, -0.15) is 0 Å². The number of aliphatic carboxylic acids is 1. The summed E-state index contributed by atoms with van der Waals surface area (Å²) in [4.78, 5) is 32.7. The van der Waals surface area contributed by atoms with Gasteiger partial charge in [0.2, 0.25) is 0 Å². The zero-order valence-electron chi connectivity index (χ0n) is 9.30. The van der Waals surface area contributed by atoms with Crippen molar-refractivity contribution < 1.29 is 24.6 Å². The van der Waals surface area contributed by atoms with Gasteiger partial charge in [0.25, 0.3) is 0 Å². The van der Waals surface area contributed by atoms with Crippen LogP contribution in [0.5, 0.6) is 0 Å². The monoisotopic (exact) mass is 314 g/mol. The lowest BCUT2D eigenvalue weighted by molar-refractivity contribution is -0.147. The molecule has 0 spiro atoms. The molecule has 0 radical (unpaired) electrons. The molecule has 96 valence electrons. The van der Waals surface area contributed by atoms with Gasteiger partial charge in [0.1, 0.15) is 12.1 Å². The van der Waals surface area contributed by atoms with Crippen LogP contribution in [0.1, 0.15) is 27.6 Å². The molecule has 1 aromatic carbocycles. The molecule has 0 bridgehead atoms. The van der Waals surface area contributed by atoms with E-state index in [9.17, 15) is 19.5 Å². The predicted octanol–water partition coefficient (Wildman–Crippen LogP) is 1.12. The number of alkyl halides is 1. The molecule has 1 atom stereocenters. The third-order valence-electron chi connectivity index (χ3n) is 2.37. The average Bonchev–Trinajstić information content (AvgIpc) is 2.38. The zero-order chi connectivity index (χ0) is 13.7. The van der Waals surface area contributed by atoms with Gasteiger partial charge in [-0.1, -0.05) is 28.1 Å². The van der Waals surface area contributed by atoms with Crippen LogP contribution in [0, 0.1) is 0 Å². The van der Waals surface area contributed by atoms with Crippen LogP contribution in [0.3, 0.4) is 0 Å². The number of hydrogen-bond donors (Lipinski definition) is 2. The van der Waals surface area contributed by atoms with Crippen molar-refractivity contribution in [2.24, 2.45) is 0 Å². The van der Waals surface area contributed by atoms with Crippen molar-refractivity contribution in [2.45, 2.75) is 12.5 Å². The van der Waals surface area contributed by atoms with Gasteiger partial charge in [0, 0.05) is 12.0 Å². The minimum atomic E-state index is -1.75. The summed E-state index contributed by atoms with van der Waals surface area (Å²) in [6.45, 7) is 0. The molecule has 0 aliphatic carbocycles. The van der Waals surface area contributed by atoms with E-state index in [2.05, 4.69) is 15.9 Å². The fourth-order valence-corrected chi connectivity index (χ4v) is 1.69. The lowest BCUT2D eigenvalue weighted by Gasteiger charge is -2.12. The highest BCUT2D eigenvalue weighted by molar-refractivity contribution is 9.09. The summed E-state index contributed by atoms with van der Waals surface area (Å²) in [6.07, 6.45) is -1.19. The highest BCUT2D eigenvalue weighted by Gasteiger charge is 2.20. The Bertz CT molecular complexity index is 483. The molecule has 18 heavy (non-hydrogen) atoms. The quantitative estimate of drug-likeness (QED) is 0.606.